The molecule has 1 aromatic rings. The van der Waals surface area contributed by atoms with Gasteiger partial charge >= 0.3 is 0 Å². The normalized spacial score (nSPS) is 8.29. The Morgan fingerprint density at radius 3 is 1.64 bits per heavy atom. The summed E-state index contributed by atoms with van der Waals surface area (Å²) < 4.78 is 0. The maximum atomic E-state index is 2.24. The van der Waals surface area contributed by atoms with E-state index in [9.17, 15) is 0 Å². The van der Waals surface area contributed by atoms with Gasteiger partial charge in [0.05, 0.1) is 0 Å². The summed E-state index contributed by atoms with van der Waals surface area (Å²) in [5.41, 5.74) is 2.90. The van der Waals surface area contributed by atoms with E-state index in [2.05, 4.69) is 38.1 Å². The van der Waals surface area contributed by atoms with Gasteiger partial charge in [0.25, 0.3) is 0 Å². The summed E-state index contributed by atoms with van der Waals surface area (Å²) in [6.07, 6.45) is 3.60. The van der Waals surface area contributed by atoms with Crippen LogP contribution in [0.5, 0.6) is 0 Å². The third-order valence-electron chi connectivity index (χ3n) is 1.97. The van der Waals surface area contributed by atoms with Crippen molar-refractivity contribution < 1.29 is 0 Å². The van der Waals surface area contributed by atoms with E-state index in [1.165, 1.54) is 24.0 Å². The molecule has 0 atom stereocenters. The molecule has 0 aliphatic heterocycles. The molecule has 0 heterocycles. The van der Waals surface area contributed by atoms with Crippen molar-refractivity contribution in [2.45, 2.75) is 54.4 Å². The lowest BCUT2D eigenvalue weighted by molar-refractivity contribution is 0.920. The van der Waals surface area contributed by atoms with Crippen LogP contribution in [0.1, 0.15) is 52.7 Å². The highest BCUT2D eigenvalue weighted by molar-refractivity contribution is 5.22. The third kappa shape index (κ3) is 5.80. The summed E-state index contributed by atoms with van der Waals surface area (Å²) in [5.74, 6) is 0. The van der Waals surface area contributed by atoms with E-state index in [4.69, 9.17) is 0 Å². The van der Waals surface area contributed by atoms with Gasteiger partial charge in [-0.3, -0.25) is 0 Å². The van der Waals surface area contributed by atoms with Crippen LogP contribution in [0, 0.1) is 0 Å². The van der Waals surface area contributed by atoms with Crippen molar-refractivity contribution in [3.63, 3.8) is 0 Å². The number of rotatable bonds is 3. The molecule has 0 saturated carbocycles. The molecule has 0 aliphatic rings. The second-order valence-corrected chi connectivity index (χ2v) is 2.92. The molecule has 0 bridgehead atoms. The van der Waals surface area contributed by atoms with Crippen molar-refractivity contribution in [2.24, 2.45) is 0 Å². The van der Waals surface area contributed by atoms with Gasteiger partial charge in [-0.2, -0.15) is 0 Å². The molecule has 0 aliphatic carbocycles. The molecule has 1 rings (SSSR count). The highest BCUT2D eigenvalue weighted by atomic mass is 14.0. The van der Waals surface area contributed by atoms with Gasteiger partial charge in [-0.05, 0) is 24.0 Å². The predicted molar refractivity (Wildman–Crippen MR) is 67.9 cm³/mol. The summed E-state index contributed by atoms with van der Waals surface area (Å²) in [4.78, 5) is 0. The first-order valence-electron chi connectivity index (χ1n) is 5.44. The van der Waals surface area contributed by atoms with Crippen LogP contribution in [0.25, 0.3) is 0 Å². The number of hydrogen-bond acceptors (Lipinski definition) is 0. The van der Waals surface area contributed by atoms with Crippen molar-refractivity contribution in [1.29, 1.82) is 0 Å². The largest absolute Gasteiger partial charge is 0.0776 e. The minimum Gasteiger partial charge on any atom is -0.0776 e. The Labute approximate surface area is 90.4 Å². The van der Waals surface area contributed by atoms with Crippen LogP contribution < -0.4 is 0 Å². The van der Waals surface area contributed by atoms with Gasteiger partial charge in [0.1, 0.15) is 0 Å². The Morgan fingerprint density at radius 1 is 0.857 bits per heavy atom. The van der Waals surface area contributed by atoms with Crippen LogP contribution in [-0.4, -0.2) is 0 Å². The van der Waals surface area contributed by atoms with Gasteiger partial charge in [-0.25, -0.2) is 0 Å². The van der Waals surface area contributed by atoms with Crippen LogP contribution in [-0.2, 0) is 12.8 Å². The topological polar surface area (TPSA) is 0 Å². The zero-order valence-electron chi connectivity index (χ0n) is 9.43. The van der Waals surface area contributed by atoms with E-state index < -0.39 is 0 Å². The molecule has 0 spiro atoms. The molecule has 1 aromatic carbocycles. The Hall–Kier alpha value is -0.780. The van der Waals surface area contributed by atoms with Crippen molar-refractivity contribution in [3.8, 4) is 0 Å². The highest BCUT2D eigenvalue weighted by Gasteiger charge is 1.90. The summed E-state index contributed by atoms with van der Waals surface area (Å²) in [5, 5.41) is 0. The summed E-state index contributed by atoms with van der Waals surface area (Å²) >= 11 is 0. The smallest absolute Gasteiger partial charge is 0.0281 e. The van der Waals surface area contributed by atoms with Gasteiger partial charge < -0.3 is 0 Å². The third-order valence-corrected chi connectivity index (χ3v) is 1.97. The van der Waals surface area contributed by atoms with E-state index in [1.54, 1.807) is 0 Å². The second kappa shape index (κ2) is 10.3. The van der Waals surface area contributed by atoms with Crippen molar-refractivity contribution in [1.82, 2.24) is 0 Å². The number of aryl methyl sites for hydroxylation is 2. The van der Waals surface area contributed by atoms with Crippen molar-refractivity contribution >= 4 is 0 Å². The molecule has 0 saturated heterocycles. The van der Waals surface area contributed by atoms with E-state index in [1.807, 2.05) is 13.8 Å². The quantitative estimate of drug-likeness (QED) is 0.644. The molecule has 0 fully saturated rings. The van der Waals surface area contributed by atoms with Gasteiger partial charge in [-0.1, -0.05) is 65.8 Å². The SMILES string of the molecule is C.CC.CCCc1ccc(CC)cc1. The molecular weight excluding hydrogens is 168 g/mol. The molecule has 0 radical (unpaired) electrons. The molecule has 0 nitrogen and oxygen atoms in total. The number of hydrogen-bond donors (Lipinski definition) is 0. The fourth-order valence-corrected chi connectivity index (χ4v) is 1.23. The monoisotopic (exact) mass is 194 g/mol. The van der Waals surface area contributed by atoms with Gasteiger partial charge in [0, 0.05) is 0 Å². The molecular formula is C14H26. The Kier molecular flexibility index (Phi) is 11.5. The van der Waals surface area contributed by atoms with Crippen molar-refractivity contribution in [2.75, 3.05) is 0 Å². The Bertz CT molecular complexity index is 196. The molecule has 0 amide bonds. The zero-order valence-corrected chi connectivity index (χ0v) is 9.43. The minimum atomic E-state index is 0. The Morgan fingerprint density at radius 2 is 1.29 bits per heavy atom. The van der Waals surface area contributed by atoms with Crippen molar-refractivity contribution in [3.05, 3.63) is 35.4 Å². The Balaban J connectivity index is 0. The second-order valence-electron chi connectivity index (χ2n) is 2.92. The fraction of sp³-hybridized carbons (Fsp3) is 0.571. The van der Waals surface area contributed by atoms with Gasteiger partial charge in [0.15, 0.2) is 0 Å². The minimum absolute atomic E-state index is 0. The van der Waals surface area contributed by atoms with E-state index >= 15 is 0 Å². The van der Waals surface area contributed by atoms with Crippen LogP contribution >= 0.6 is 0 Å². The highest BCUT2D eigenvalue weighted by Crippen LogP contribution is 2.06. The summed E-state index contributed by atoms with van der Waals surface area (Å²) in [6, 6.07) is 8.93. The lowest BCUT2D eigenvalue weighted by atomic mass is 10.1. The lowest BCUT2D eigenvalue weighted by Crippen LogP contribution is -1.84. The standard InChI is InChI=1S/C11H16.C2H6.CH4/c1-3-5-11-8-6-10(4-2)7-9-11;1-2;/h6-9H,3-5H2,1-2H3;1-2H3;1H4. The maximum absolute atomic E-state index is 2.24. The van der Waals surface area contributed by atoms with E-state index in [0.717, 1.165) is 6.42 Å². The molecule has 0 aromatic heterocycles. The van der Waals surface area contributed by atoms with Crippen LogP contribution in [0.15, 0.2) is 24.3 Å². The summed E-state index contributed by atoms with van der Waals surface area (Å²) in [6.45, 7) is 8.41. The first-order valence-corrected chi connectivity index (χ1v) is 5.44. The van der Waals surface area contributed by atoms with Crippen LogP contribution in [0.4, 0.5) is 0 Å². The molecule has 0 unspecified atom stereocenters. The van der Waals surface area contributed by atoms with Gasteiger partial charge in [-0.15, -0.1) is 0 Å². The molecule has 82 valence electrons. The van der Waals surface area contributed by atoms with E-state index in [0.29, 0.717) is 0 Å². The molecule has 0 heteroatoms. The van der Waals surface area contributed by atoms with Crippen LogP contribution in [0.3, 0.4) is 0 Å². The van der Waals surface area contributed by atoms with Gasteiger partial charge in [0.2, 0.25) is 0 Å². The lowest BCUT2D eigenvalue weighted by Gasteiger charge is -1.99. The molecule has 0 N–H and O–H groups in total. The summed E-state index contributed by atoms with van der Waals surface area (Å²) in [7, 11) is 0. The average molecular weight is 194 g/mol. The zero-order chi connectivity index (χ0) is 10.1. The first kappa shape index (κ1) is 15.7. The predicted octanol–water partition coefficient (Wildman–Crippen LogP) is 4.86. The average Bonchev–Trinajstić information content (AvgIpc) is 2.23. The number of benzene rings is 1. The fourth-order valence-electron chi connectivity index (χ4n) is 1.23. The first-order chi connectivity index (χ1) is 6.36. The van der Waals surface area contributed by atoms with Crippen LogP contribution in [0.2, 0.25) is 0 Å². The maximum Gasteiger partial charge on any atom is -0.0281 e. The molecule has 14 heavy (non-hydrogen) atoms. The van der Waals surface area contributed by atoms with E-state index in [-0.39, 0.29) is 7.43 Å².